The first-order valence-corrected chi connectivity index (χ1v) is 9.72. The van der Waals surface area contributed by atoms with Crippen LogP contribution in [0.2, 0.25) is 0 Å². The first-order chi connectivity index (χ1) is 12.4. The van der Waals surface area contributed by atoms with Crippen molar-refractivity contribution < 1.29 is 22.7 Å². The van der Waals surface area contributed by atoms with Crippen LogP contribution in [0.1, 0.15) is 29.6 Å². The van der Waals surface area contributed by atoms with Crippen molar-refractivity contribution >= 4 is 21.6 Å². The maximum Gasteiger partial charge on any atom is 0.255 e. The van der Waals surface area contributed by atoms with E-state index in [1.807, 2.05) is 0 Å². The largest absolute Gasteiger partial charge is 0.506 e. The molecule has 0 radical (unpaired) electrons. The number of phenolic OH excluding ortho intramolecular Hbond substituents is 1. The van der Waals surface area contributed by atoms with Gasteiger partial charge in [-0.2, -0.15) is 4.31 Å². The Labute approximate surface area is 151 Å². The average Bonchev–Trinajstić information content (AvgIpc) is 2.65. The van der Waals surface area contributed by atoms with Crippen LogP contribution in [0.3, 0.4) is 0 Å². The van der Waals surface area contributed by atoms with E-state index in [1.165, 1.54) is 28.6 Å². The Bertz CT molecular complexity index is 925. The van der Waals surface area contributed by atoms with Crippen LogP contribution in [0.25, 0.3) is 0 Å². The van der Waals surface area contributed by atoms with Crippen molar-refractivity contribution in [3.63, 3.8) is 0 Å². The second-order valence-corrected chi connectivity index (χ2v) is 8.05. The van der Waals surface area contributed by atoms with Crippen LogP contribution in [0.15, 0.2) is 47.4 Å². The number of aromatic hydroxyl groups is 1. The Kier molecular flexibility index (Phi) is 5.24. The van der Waals surface area contributed by atoms with Crippen LogP contribution >= 0.6 is 0 Å². The van der Waals surface area contributed by atoms with Crippen LogP contribution in [0, 0.1) is 5.82 Å². The third-order valence-corrected chi connectivity index (χ3v) is 6.15. The molecule has 0 saturated carbocycles. The predicted octanol–water partition coefficient (Wildman–Crippen LogP) is 2.96. The number of phenols is 1. The summed E-state index contributed by atoms with van der Waals surface area (Å²) in [4.78, 5) is 12.4. The number of amides is 1. The van der Waals surface area contributed by atoms with E-state index in [4.69, 9.17) is 0 Å². The first kappa shape index (κ1) is 18.3. The van der Waals surface area contributed by atoms with E-state index >= 15 is 0 Å². The van der Waals surface area contributed by atoms with Gasteiger partial charge in [0.25, 0.3) is 5.91 Å². The van der Waals surface area contributed by atoms with Crippen LogP contribution in [-0.4, -0.2) is 36.8 Å². The van der Waals surface area contributed by atoms with E-state index < -0.39 is 21.7 Å². The van der Waals surface area contributed by atoms with Gasteiger partial charge in [0, 0.05) is 24.7 Å². The number of hydrogen-bond acceptors (Lipinski definition) is 4. The van der Waals surface area contributed by atoms with Gasteiger partial charge in [0.05, 0.1) is 10.6 Å². The molecule has 0 aromatic heterocycles. The molecule has 3 rings (SSSR count). The predicted molar refractivity (Wildman–Crippen MR) is 95.1 cm³/mol. The monoisotopic (exact) mass is 378 g/mol. The van der Waals surface area contributed by atoms with Gasteiger partial charge in [-0.15, -0.1) is 0 Å². The van der Waals surface area contributed by atoms with Gasteiger partial charge >= 0.3 is 0 Å². The molecule has 1 fully saturated rings. The Morgan fingerprint density at radius 3 is 2.54 bits per heavy atom. The van der Waals surface area contributed by atoms with Crippen LogP contribution in [-0.2, 0) is 10.0 Å². The number of carbonyl (C=O) groups is 1. The highest BCUT2D eigenvalue weighted by molar-refractivity contribution is 7.89. The molecule has 2 aromatic rings. The lowest BCUT2D eigenvalue weighted by Crippen LogP contribution is -2.35. The number of rotatable bonds is 4. The molecule has 0 aliphatic carbocycles. The number of sulfonamides is 1. The molecule has 1 aliphatic rings. The second-order valence-electron chi connectivity index (χ2n) is 6.11. The second kappa shape index (κ2) is 7.43. The molecule has 1 amide bonds. The fraction of sp³-hybridized carbons (Fsp3) is 0.278. The fourth-order valence-corrected chi connectivity index (χ4v) is 4.42. The summed E-state index contributed by atoms with van der Waals surface area (Å²) in [5.74, 6) is -1.53. The van der Waals surface area contributed by atoms with Gasteiger partial charge in [-0.25, -0.2) is 12.8 Å². The summed E-state index contributed by atoms with van der Waals surface area (Å²) in [5, 5.41) is 12.1. The van der Waals surface area contributed by atoms with E-state index in [9.17, 15) is 22.7 Å². The minimum atomic E-state index is -3.66. The Morgan fingerprint density at radius 2 is 1.81 bits per heavy atom. The van der Waals surface area contributed by atoms with Crippen molar-refractivity contribution in [1.82, 2.24) is 4.31 Å². The summed E-state index contributed by atoms with van der Waals surface area (Å²) in [5.41, 5.74) is 0.0195. The zero-order chi connectivity index (χ0) is 18.7. The van der Waals surface area contributed by atoms with Crippen molar-refractivity contribution in [3.8, 4) is 5.75 Å². The van der Waals surface area contributed by atoms with Gasteiger partial charge in [-0.05, 0) is 43.2 Å². The molecule has 2 aromatic carbocycles. The maximum atomic E-state index is 13.3. The summed E-state index contributed by atoms with van der Waals surface area (Å²) in [6.45, 7) is 0.936. The molecule has 0 spiro atoms. The maximum absolute atomic E-state index is 13.3. The quantitative estimate of drug-likeness (QED) is 0.801. The lowest BCUT2D eigenvalue weighted by atomic mass is 10.2. The van der Waals surface area contributed by atoms with Gasteiger partial charge < -0.3 is 10.4 Å². The molecular formula is C18H19FN2O4S. The van der Waals surface area contributed by atoms with Gasteiger partial charge in [-0.1, -0.05) is 12.5 Å². The zero-order valence-corrected chi connectivity index (χ0v) is 14.8. The molecule has 1 heterocycles. The van der Waals surface area contributed by atoms with E-state index in [0.29, 0.717) is 13.1 Å². The molecule has 6 nitrogen and oxygen atoms in total. The van der Waals surface area contributed by atoms with Crippen molar-refractivity contribution in [2.24, 2.45) is 0 Å². The standard InChI is InChI=1S/C18H19FN2O4S/c19-14-7-8-17(22)16(12-14)20-18(23)13-5-4-6-15(11-13)26(24,25)21-9-2-1-3-10-21/h4-8,11-12,22H,1-3,9-10H2,(H,20,23). The number of carbonyl (C=O) groups excluding carboxylic acids is 1. The third-order valence-electron chi connectivity index (χ3n) is 4.26. The molecular weight excluding hydrogens is 359 g/mol. The summed E-state index contributed by atoms with van der Waals surface area (Å²) < 4.78 is 40.1. The fourth-order valence-electron chi connectivity index (χ4n) is 2.85. The molecule has 1 aliphatic heterocycles. The van der Waals surface area contributed by atoms with E-state index in [2.05, 4.69) is 5.32 Å². The van der Waals surface area contributed by atoms with Gasteiger partial charge in [0.1, 0.15) is 11.6 Å². The highest BCUT2D eigenvalue weighted by Gasteiger charge is 2.26. The number of benzene rings is 2. The average molecular weight is 378 g/mol. The summed E-state index contributed by atoms with van der Waals surface area (Å²) >= 11 is 0. The van der Waals surface area contributed by atoms with Crippen LogP contribution < -0.4 is 5.32 Å². The normalized spacial score (nSPS) is 15.6. The van der Waals surface area contributed by atoms with Gasteiger partial charge in [0.15, 0.2) is 0 Å². The van der Waals surface area contributed by atoms with E-state index in [0.717, 1.165) is 37.5 Å². The number of hydrogen-bond donors (Lipinski definition) is 2. The van der Waals surface area contributed by atoms with Crippen molar-refractivity contribution in [2.75, 3.05) is 18.4 Å². The van der Waals surface area contributed by atoms with Gasteiger partial charge in [0.2, 0.25) is 10.0 Å². The van der Waals surface area contributed by atoms with E-state index in [1.54, 1.807) is 0 Å². The minimum absolute atomic E-state index is 0.0375. The SMILES string of the molecule is O=C(Nc1cc(F)ccc1O)c1cccc(S(=O)(=O)N2CCCCC2)c1. The lowest BCUT2D eigenvalue weighted by molar-refractivity contribution is 0.102. The molecule has 1 saturated heterocycles. The molecule has 8 heteroatoms. The van der Waals surface area contributed by atoms with Crippen LogP contribution in [0.5, 0.6) is 5.75 Å². The number of halogens is 1. The Morgan fingerprint density at radius 1 is 1.08 bits per heavy atom. The smallest absolute Gasteiger partial charge is 0.255 e. The molecule has 0 atom stereocenters. The molecule has 138 valence electrons. The molecule has 0 bridgehead atoms. The Hall–Kier alpha value is -2.45. The highest BCUT2D eigenvalue weighted by Crippen LogP contribution is 2.25. The summed E-state index contributed by atoms with van der Waals surface area (Å²) in [7, 11) is -3.66. The summed E-state index contributed by atoms with van der Waals surface area (Å²) in [6.07, 6.45) is 2.64. The highest BCUT2D eigenvalue weighted by atomic mass is 32.2. The topological polar surface area (TPSA) is 86.7 Å². The van der Waals surface area contributed by atoms with Gasteiger partial charge in [-0.3, -0.25) is 4.79 Å². The summed E-state index contributed by atoms with van der Waals surface area (Å²) in [6, 6.07) is 8.86. The number of nitrogens with one attached hydrogen (secondary N) is 1. The first-order valence-electron chi connectivity index (χ1n) is 8.28. The van der Waals surface area contributed by atoms with Crippen molar-refractivity contribution in [2.45, 2.75) is 24.2 Å². The molecule has 2 N–H and O–H groups in total. The zero-order valence-electron chi connectivity index (χ0n) is 14.0. The number of piperidine rings is 1. The Balaban J connectivity index is 1.84. The number of nitrogens with zero attached hydrogens (tertiary/aromatic N) is 1. The third kappa shape index (κ3) is 3.86. The molecule has 0 unspecified atom stereocenters. The van der Waals surface area contributed by atoms with Crippen molar-refractivity contribution in [3.05, 3.63) is 53.8 Å². The van der Waals surface area contributed by atoms with Crippen LogP contribution in [0.4, 0.5) is 10.1 Å². The number of anilines is 1. The van der Waals surface area contributed by atoms with E-state index in [-0.39, 0.29) is 21.9 Å². The molecule has 26 heavy (non-hydrogen) atoms. The lowest BCUT2D eigenvalue weighted by Gasteiger charge is -2.26. The minimum Gasteiger partial charge on any atom is -0.506 e. The van der Waals surface area contributed by atoms with Crippen molar-refractivity contribution in [1.29, 1.82) is 0 Å².